The molecule has 156 valence electrons. The molecule has 1 aliphatic rings. The average molecular weight is 402 g/mol. The number of likely N-dealkylation sites (N-methyl/N-ethyl adjacent to an activating group) is 1. The van der Waals surface area contributed by atoms with Gasteiger partial charge in [-0.05, 0) is 17.7 Å². The number of likely N-dealkylation sites (tertiary alicyclic amines) is 1. The van der Waals surface area contributed by atoms with Crippen molar-refractivity contribution in [2.45, 2.75) is 12.6 Å². The summed E-state index contributed by atoms with van der Waals surface area (Å²) in [7, 11) is 4.90. The number of carbonyl (C=O) groups is 2. The van der Waals surface area contributed by atoms with Gasteiger partial charge in [0.1, 0.15) is 5.75 Å². The van der Waals surface area contributed by atoms with Crippen LogP contribution in [0.3, 0.4) is 0 Å². The number of aromatic nitrogens is 3. The summed E-state index contributed by atoms with van der Waals surface area (Å²) in [6.45, 7) is 2.42. The number of benzene rings is 1. The Hall–Kier alpha value is -3.14. The summed E-state index contributed by atoms with van der Waals surface area (Å²) >= 11 is 0. The highest BCUT2D eigenvalue weighted by molar-refractivity contribution is 5.91. The summed E-state index contributed by atoms with van der Waals surface area (Å²) in [5.74, 6) is 0.572. The molecule has 0 radical (unpaired) electrons. The standard InChI is InChI=1S/C19H26N6O4/c1-23(8-9-28-2)18(26)17-13-25(22-21-17)15-11-24(12-15)19(27)20-10-14-4-6-16(29-3)7-5-14/h4-7,13,15H,8-12H2,1-3H3,(H,20,27). The summed E-state index contributed by atoms with van der Waals surface area (Å²) in [6.07, 6.45) is 1.63. The summed E-state index contributed by atoms with van der Waals surface area (Å²) in [6, 6.07) is 7.42. The van der Waals surface area contributed by atoms with Crippen LogP contribution in [0.25, 0.3) is 0 Å². The molecule has 2 heterocycles. The van der Waals surface area contributed by atoms with Gasteiger partial charge >= 0.3 is 6.03 Å². The molecular formula is C19H26N6O4. The first-order valence-electron chi connectivity index (χ1n) is 9.33. The summed E-state index contributed by atoms with van der Waals surface area (Å²) in [5.41, 5.74) is 1.28. The molecule has 0 saturated carbocycles. The van der Waals surface area contributed by atoms with E-state index in [9.17, 15) is 9.59 Å². The maximum absolute atomic E-state index is 12.3. The van der Waals surface area contributed by atoms with Crippen LogP contribution in [0.5, 0.6) is 5.75 Å². The normalized spacial score (nSPS) is 13.7. The van der Waals surface area contributed by atoms with Crippen LogP contribution < -0.4 is 10.1 Å². The van der Waals surface area contributed by atoms with E-state index in [0.717, 1.165) is 11.3 Å². The van der Waals surface area contributed by atoms with Gasteiger partial charge < -0.3 is 24.6 Å². The fraction of sp³-hybridized carbons (Fsp3) is 0.474. The number of nitrogens with one attached hydrogen (secondary N) is 1. The van der Waals surface area contributed by atoms with E-state index in [0.29, 0.717) is 32.8 Å². The van der Waals surface area contributed by atoms with Crippen molar-refractivity contribution in [2.24, 2.45) is 0 Å². The second-order valence-corrected chi connectivity index (χ2v) is 6.87. The zero-order valence-corrected chi connectivity index (χ0v) is 16.9. The molecule has 2 aromatic rings. The van der Waals surface area contributed by atoms with Gasteiger partial charge in [0, 0.05) is 40.3 Å². The number of nitrogens with zero attached hydrogens (tertiary/aromatic N) is 5. The Balaban J connectivity index is 1.45. The van der Waals surface area contributed by atoms with E-state index in [1.165, 1.54) is 4.90 Å². The number of ether oxygens (including phenoxy) is 2. The van der Waals surface area contributed by atoms with Crippen LogP contribution in [0.15, 0.2) is 30.5 Å². The summed E-state index contributed by atoms with van der Waals surface area (Å²) in [4.78, 5) is 27.8. The molecule has 3 rings (SSSR count). The van der Waals surface area contributed by atoms with E-state index in [1.807, 2.05) is 24.3 Å². The fourth-order valence-corrected chi connectivity index (χ4v) is 2.90. The predicted molar refractivity (Wildman–Crippen MR) is 105 cm³/mol. The van der Waals surface area contributed by atoms with Crippen LogP contribution >= 0.6 is 0 Å². The third-order valence-corrected chi connectivity index (χ3v) is 4.83. The minimum Gasteiger partial charge on any atom is -0.497 e. The highest BCUT2D eigenvalue weighted by Crippen LogP contribution is 2.20. The zero-order valence-electron chi connectivity index (χ0n) is 16.9. The van der Waals surface area contributed by atoms with Gasteiger partial charge in [0.25, 0.3) is 5.91 Å². The third kappa shape index (κ3) is 5.02. The zero-order chi connectivity index (χ0) is 20.8. The van der Waals surface area contributed by atoms with E-state index in [2.05, 4.69) is 15.6 Å². The molecule has 0 atom stereocenters. The lowest BCUT2D eigenvalue weighted by Gasteiger charge is -2.38. The molecule has 1 aromatic heterocycles. The highest BCUT2D eigenvalue weighted by Gasteiger charge is 2.33. The quantitative estimate of drug-likeness (QED) is 0.700. The molecule has 1 aliphatic heterocycles. The Morgan fingerprint density at radius 3 is 2.62 bits per heavy atom. The van der Waals surface area contributed by atoms with Gasteiger partial charge in [0.05, 0.1) is 26.0 Å². The first-order valence-corrected chi connectivity index (χ1v) is 9.33. The molecule has 1 aromatic carbocycles. The van der Waals surface area contributed by atoms with E-state index < -0.39 is 0 Å². The molecule has 3 amide bonds. The van der Waals surface area contributed by atoms with Gasteiger partial charge in [-0.25, -0.2) is 9.48 Å². The molecule has 10 heteroatoms. The predicted octanol–water partition coefficient (Wildman–Crippen LogP) is 0.772. The Morgan fingerprint density at radius 1 is 1.24 bits per heavy atom. The van der Waals surface area contributed by atoms with Gasteiger partial charge in [0.15, 0.2) is 5.69 Å². The molecule has 0 aliphatic carbocycles. The van der Waals surface area contributed by atoms with E-state index in [-0.39, 0.29) is 23.7 Å². The molecule has 10 nitrogen and oxygen atoms in total. The smallest absolute Gasteiger partial charge is 0.317 e. The molecule has 0 bridgehead atoms. The lowest BCUT2D eigenvalue weighted by Crippen LogP contribution is -2.54. The second-order valence-electron chi connectivity index (χ2n) is 6.87. The van der Waals surface area contributed by atoms with Crippen molar-refractivity contribution in [1.29, 1.82) is 0 Å². The maximum Gasteiger partial charge on any atom is 0.317 e. The monoisotopic (exact) mass is 402 g/mol. The van der Waals surface area contributed by atoms with Crippen LogP contribution in [-0.4, -0.2) is 84.2 Å². The number of urea groups is 1. The lowest BCUT2D eigenvalue weighted by molar-refractivity contribution is 0.0738. The number of amides is 3. The summed E-state index contributed by atoms with van der Waals surface area (Å²) in [5, 5.41) is 10.9. The van der Waals surface area contributed by atoms with Crippen molar-refractivity contribution in [2.75, 3.05) is 47.5 Å². The maximum atomic E-state index is 12.3. The molecule has 1 N–H and O–H groups in total. The largest absolute Gasteiger partial charge is 0.497 e. The van der Waals surface area contributed by atoms with E-state index in [1.54, 1.807) is 37.0 Å². The van der Waals surface area contributed by atoms with Crippen LogP contribution in [0, 0.1) is 0 Å². The van der Waals surface area contributed by atoms with Gasteiger partial charge in [-0.15, -0.1) is 5.10 Å². The van der Waals surface area contributed by atoms with Crippen molar-refractivity contribution in [3.8, 4) is 5.75 Å². The minimum absolute atomic E-state index is 0.0140. The van der Waals surface area contributed by atoms with Gasteiger partial charge in [-0.2, -0.15) is 0 Å². The average Bonchev–Trinajstić information content (AvgIpc) is 3.18. The van der Waals surface area contributed by atoms with Crippen molar-refractivity contribution >= 4 is 11.9 Å². The molecule has 0 unspecified atom stereocenters. The van der Waals surface area contributed by atoms with Gasteiger partial charge in [-0.1, -0.05) is 17.3 Å². The van der Waals surface area contributed by atoms with Crippen LogP contribution in [0.1, 0.15) is 22.1 Å². The third-order valence-electron chi connectivity index (χ3n) is 4.83. The Labute approximate surface area is 169 Å². The Morgan fingerprint density at radius 2 is 1.97 bits per heavy atom. The number of methoxy groups -OCH3 is 2. The second kappa shape index (κ2) is 9.37. The minimum atomic E-state index is -0.207. The fourth-order valence-electron chi connectivity index (χ4n) is 2.90. The van der Waals surface area contributed by atoms with Gasteiger partial charge in [0.2, 0.25) is 0 Å². The first-order chi connectivity index (χ1) is 14.0. The van der Waals surface area contributed by atoms with Crippen LogP contribution in [-0.2, 0) is 11.3 Å². The Bertz CT molecular complexity index is 831. The topological polar surface area (TPSA) is 102 Å². The van der Waals surface area contributed by atoms with Crippen molar-refractivity contribution < 1.29 is 19.1 Å². The van der Waals surface area contributed by atoms with Crippen molar-refractivity contribution in [3.05, 3.63) is 41.7 Å². The molecular weight excluding hydrogens is 376 g/mol. The Kier molecular flexibility index (Phi) is 6.65. The molecule has 0 spiro atoms. The van der Waals surface area contributed by atoms with Gasteiger partial charge in [-0.3, -0.25) is 4.79 Å². The highest BCUT2D eigenvalue weighted by atomic mass is 16.5. The number of hydrogen-bond acceptors (Lipinski definition) is 6. The number of rotatable bonds is 8. The summed E-state index contributed by atoms with van der Waals surface area (Å²) < 4.78 is 11.7. The van der Waals surface area contributed by atoms with Crippen LogP contribution in [0.4, 0.5) is 4.79 Å². The van der Waals surface area contributed by atoms with Crippen LogP contribution in [0.2, 0.25) is 0 Å². The first kappa shape index (κ1) is 20.6. The molecule has 1 saturated heterocycles. The molecule has 29 heavy (non-hydrogen) atoms. The van der Waals surface area contributed by atoms with E-state index in [4.69, 9.17) is 9.47 Å². The van der Waals surface area contributed by atoms with Crippen molar-refractivity contribution in [1.82, 2.24) is 30.1 Å². The van der Waals surface area contributed by atoms with Crippen molar-refractivity contribution in [3.63, 3.8) is 0 Å². The van der Waals surface area contributed by atoms with E-state index >= 15 is 0 Å². The molecule has 1 fully saturated rings. The lowest BCUT2D eigenvalue weighted by atomic mass is 10.1. The SMILES string of the molecule is COCCN(C)C(=O)c1cn(C2CN(C(=O)NCc3ccc(OC)cc3)C2)nn1. The number of carbonyl (C=O) groups excluding carboxylic acids is 2. The number of hydrogen-bond donors (Lipinski definition) is 1.